The molecule has 1 amide bonds. The zero-order valence-corrected chi connectivity index (χ0v) is 17.8. The number of nitriles is 1. The zero-order valence-electron chi connectivity index (χ0n) is 16.3. The minimum absolute atomic E-state index is 0.0270. The third kappa shape index (κ3) is 3.93. The number of hydrogen-bond donors (Lipinski definition) is 1. The van der Waals surface area contributed by atoms with Crippen molar-refractivity contribution in [1.82, 2.24) is 14.9 Å². The van der Waals surface area contributed by atoms with Crippen molar-refractivity contribution >= 4 is 40.2 Å². The number of para-hydroxylation sites is 2. The first kappa shape index (κ1) is 20.5. The molecule has 1 aliphatic carbocycles. The van der Waals surface area contributed by atoms with Crippen LogP contribution in [0, 0.1) is 17.2 Å². The molecule has 4 rings (SSSR count). The maximum atomic E-state index is 13.2. The van der Waals surface area contributed by atoms with Gasteiger partial charge in [0.25, 0.3) is 5.56 Å². The molecule has 1 N–H and O–H groups in total. The number of nitrogens with zero attached hydrogens (tertiary/aromatic N) is 3. The number of carbonyl (C=O) groups is 1. The Hall–Kier alpha value is -2.82. The number of rotatable bonds is 6. The maximum absolute atomic E-state index is 13.2. The number of amides is 1. The molecular formula is C22H19ClN4O2S. The first-order valence-corrected chi connectivity index (χ1v) is 10.9. The second kappa shape index (κ2) is 8.13. The summed E-state index contributed by atoms with van der Waals surface area (Å²) in [6.45, 7) is 1.75. The Morgan fingerprint density at radius 2 is 2.00 bits per heavy atom. The summed E-state index contributed by atoms with van der Waals surface area (Å²) >= 11 is 7.49. The van der Waals surface area contributed by atoms with Gasteiger partial charge >= 0.3 is 0 Å². The first-order valence-electron chi connectivity index (χ1n) is 9.55. The molecule has 1 aromatic heterocycles. The van der Waals surface area contributed by atoms with Gasteiger partial charge in [0.2, 0.25) is 5.91 Å². The molecule has 30 heavy (non-hydrogen) atoms. The largest absolute Gasteiger partial charge is 0.337 e. The van der Waals surface area contributed by atoms with Gasteiger partial charge < -0.3 is 5.32 Å². The first-order chi connectivity index (χ1) is 14.4. The highest BCUT2D eigenvalue weighted by atomic mass is 35.5. The molecule has 2 aromatic carbocycles. The summed E-state index contributed by atoms with van der Waals surface area (Å²) in [5, 5.41) is 13.5. The lowest BCUT2D eigenvalue weighted by atomic mass is 9.98. The average Bonchev–Trinajstić information content (AvgIpc) is 3.59. The monoisotopic (exact) mass is 438 g/mol. The number of aromatic nitrogens is 2. The molecule has 1 aliphatic rings. The summed E-state index contributed by atoms with van der Waals surface area (Å²) in [7, 11) is 0. The Morgan fingerprint density at radius 3 is 2.70 bits per heavy atom. The highest BCUT2D eigenvalue weighted by Gasteiger charge is 2.43. The van der Waals surface area contributed by atoms with Crippen molar-refractivity contribution in [3.63, 3.8) is 0 Å². The van der Waals surface area contributed by atoms with Crippen molar-refractivity contribution in [3.05, 3.63) is 63.9 Å². The number of fused-ring (bicyclic) bond motifs is 1. The second-order valence-electron chi connectivity index (χ2n) is 7.43. The molecule has 152 valence electrons. The Labute approximate surface area is 182 Å². The molecule has 6 nitrogen and oxygen atoms in total. The summed E-state index contributed by atoms with van der Waals surface area (Å²) < 4.78 is 1.44. The van der Waals surface area contributed by atoms with Crippen LogP contribution < -0.4 is 10.9 Å². The average molecular weight is 439 g/mol. The Kier molecular flexibility index (Phi) is 5.54. The van der Waals surface area contributed by atoms with Crippen LogP contribution in [-0.2, 0) is 4.79 Å². The van der Waals surface area contributed by atoms with Gasteiger partial charge in [0, 0.05) is 0 Å². The Bertz CT molecular complexity index is 1230. The summed E-state index contributed by atoms with van der Waals surface area (Å²) in [6.07, 6.45) is 1.88. The summed E-state index contributed by atoms with van der Waals surface area (Å²) in [6, 6.07) is 16.3. The van der Waals surface area contributed by atoms with Crippen LogP contribution in [0.15, 0.2) is 58.5 Å². The molecule has 8 heteroatoms. The number of hydrogen-bond acceptors (Lipinski definition) is 5. The number of thioether (sulfide) groups is 1. The van der Waals surface area contributed by atoms with Crippen molar-refractivity contribution in [2.75, 3.05) is 5.75 Å². The van der Waals surface area contributed by atoms with Crippen LogP contribution in [0.2, 0.25) is 5.02 Å². The molecule has 3 aromatic rings. The normalized spacial score (nSPS) is 15.4. The van der Waals surface area contributed by atoms with Crippen LogP contribution in [0.5, 0.6) is 0 Å². The number of nitrogens with one attached hydrogen (secondary N) is 1. The van der Waals surface area contributed by atoms with Gasteiger partial charge in [0.15, 0.2) is 5.16 Å². The lowest BCUT2D eigenvalue weighted by Crippen LogP contribution is -2.47. The van der Waals surface area contributed by atoms with E-state index in [9.17, 15) is 14.9 Å². The maximum Gasteiger partial charge on any atom is 0.266 e. The summed E-state index contributed by atoms with van der Waals surface area (Å²) in [4.78, 5) is 30.4. The van der Waals surface area contributed by atoms with Crippen LogP contribution in [0.25, 0.3) is 16.6 Å². The van der Waals surface area contributed by atoms with Gasteiger partial charge in [0.1, 0.15) is 5.54 Å². The van der Waals surface area contributed by atoms with Crippen molar-refractivity contribution in [2.45, 2.75) is 30.5 Å². The van der Waals surface area contributed by atoms with E-state index in [1.165, 1.54) is 4.57 Å². The van der Waals surface area contributed by atoms with Crippen molar-refractivity contribution in [3.8, 4) is 11.8 Å². The van der Waals surface area contributed by atoms with Gasteiger partial charge in [0.05, 0.1) is 33.4 Å². The van der Waals surface area contributed by atoms with Crippen molar-refractivity contribution in [1.29, 1.82) is 5.26 Å². The quantitative estimate of drug-likeness (QED) is 0.465. The molecule has 1 heterocycles. The van der Waals surface area contributed by atoms with E-state index in [0.29, 0.717) is 26.8 Å². The van der Waals surface area contributed by atoms with E-state index in [-0.39, 0.29) is 23.1 Å². The minimum atomic E-state index is -0.864. The molecule has 0 saturated heterocycles. The highest BCUT2D eigenvalue weighted by Crippen LogP contribution is 2.39. The minimum Gasteiger partial charge on any atom is -0.337 e. The smallest absolute Gasteiger partial charge is 0.266 e. The fourth-order valence-electron chi connectivity index (χ4n) is 3.39. The summed E-state index contributed by atoms with van der Waals surface area (Å²) in [5.41, 5.74) is -0.0631. The van der Waals surface area contributed by atoms with E-state index in [1.807, 2.05) is 6.07 Å². The number of benzene rings is 2. The Morgan fingerprint density at radius 1 is 1.30 bits per heavy atom. The van der Waals surface area contributed by atoms with Crippen LogP contribution in [0.4, 0.5) is 0 Å². The fourth-order valence-corrected chi connectivity index (χ4v) is 4.42. The lowest BCUT2D eigenvalue weighted by molar-refractivity contribution is -0.119. The number of halogens is 1. The van der Waals surface area contributed by atoms with Crippen molar-refractivity contribution in [2.24, 2.45) is 5.92 Å². The van der Waals surface area contributed by atoms with E-state index >= 15 is 0 Å². The molecule has 0 radical (unpaired) electrons. The van der Waals surface area contributed by atoms with Gasteiger partial charge in [-0.15, -0.1) is 0 Å². The van der Waals surface area contributed by atoms with Crippen LogP contribution >= 0.6 is 23.4 Å². The van der Waals surface area contributed by atoms with E-state index < -0.39 is 5.54 Å². The molecule has 1 atom stereocenters. The molecular weight excluding hydrogens is 420 g/mol. The summed E-state index contributed by atoms with van der Waals surface area (Å²) in [5.74, 6) is -0.0558. The van der Waals surface area contributed by atoms with E-state index in [2.05, 4.69) is 16.4 Å². The molecule has 1 unspecified atom stereocenters. The number of carbonyl (C=O) groups excluding carboxylic acids is 1. The molecule has 1 saturated carbocycles. The predicted molar refractivity (Wildman–Crippen MR) is 118 cm³/mol. The molecule has 0 spiro atoms. The zero-order chi connectivity index (χ0) is 21.3. The molecule has 0 bridgehead atoms. The van der Waals surface area contributed by atoms with Crippen LogP contribution in [0.3, 0.4) is 0 Å². The van der Waals surface area contributed by atoms with E-state index in [0.717, 1.165) is 24.6 Å². The van der Waals surface area contributed by atoms with Gasteiger partial charge in [-0.3, -0.25) is 14.2 Å². The highest BCUT2D eigenvalue weighted by molar-refractivity contribution is 7.99. The van der Waals surface area contributed by atoms with Crippen LogP contribution in [-0.4, -0.2) is 26.8 Å². The van der Waals surface area contributed by atoms with E-state index in [1.54, 1.807) is 49.4 Å². The second-order valence-corrected chi connectivity index (χ2v) is 8.78. The molecule has 1 fully saturated rings. The van der Waals surface area contributed by atoms with Crippen molar-refractivity contribution < 1.29 is 4.79 Å². The van der Waals surface area contributed by atoms with Gasteiger partial charge in [-0.25, -0.2) is 4.98 Å². The van der Waals surface area contributed by atoms with Gasteiger partial charge in [-0.1, -0.05) is 47.6 Å². The standard InChI is InChI=1S/C22H19ClN4O2S/c1-22(13-24,14-10-11-14)26-19(28)12-30-21-25-17-8-4-2-6-15(17)20(29)27(21)18-9-5-3-7-16(18)23/h2-9,14H,10-12H2,1H3,(H,26,28). The molecule has 0 aliphatic heterocycles. The van der Waals surface area contributed by atoms with Gasteiger partial charge in [-0.05, 0) is 49.9 Å². The van der Waals surface area contributed by atoms with E-state index in [4.69, 9.17) is 11.6 Å². The predicted octanol–water partition coefficient (Wildman–Crippen LogP) is 3.94. The van der Waals surface area contributed by atoms with Gasteiger partial charge in [-0.2, -0.15) is 5.26 Å². The SMILES string of the molecule is CC(C#N)(NC(=O)CSc1nc2ccccc2c(=O)n1-c1ccccc1Cl)C1CC1. The lowest BCUT2D eigenvalue weighted by Gasteiger charge is -2.22. The topological polar surface area (TPSA) is 87.8 Å². The third-order valence-corrected chi connectivity index (χ3v) is 6.45. The Balaban J connectivity index is 1.69. The fraction of sp³-hybridized carbons (Fsp3) is 0.273. The van der Waals surface area contributed by atoms with Crippen LogP contribution in [0.1, 0.15) is 19.8 Å². The third-order valence-electron chi connectivity index (χ3n) is 5.20.